The molecule has 2 saturated carbocycles. The summed E-state index contributed by atoms with van der Waals surface area (Å²) in [7, 11) is -0.811. The molecule has 0 aromatic carbocycles. The van der Waals surface area contributed by atoms with E-state index < -0.39 is 9.84 Å². The van der Waals surface area contributed by atoms with Gasteiger partial charge in [0.2, 0.25) is 0 Å². The number of H-pyrrole nitrogens is 1. The fraction of sp³-hybridized carbons (Fsp3) is 0.667. The number of nitrogens with zero attached hydrogens (tertiary/aromatic N) is 3. The summed E-state index contributed by atoms with van der Waals surface area (Å²) >= 11 is 0. The zero-order valence-corrected chi connectivity index (χ0v) is 15.9. The highest BCUT2D eigenvalue weighted by atomic mass is 32.2. The van der Waals surface area contributed by atoms with E-state index in [9.17, 15) is 8.42 Å². The molecule has 2 aromatic rings. The van der Waals surface area contributed by atoms with Gasteiger partial charge in [-0.25, -0.2) is 18.4 Å². The number of sulfone groups is 1. The first-order valence-electron chi connectivity index (χ1n) is 9.02. The lowest BCUT2D eigenvalue weighted by atomic mass is 9.50. The average Bonchev–Trinajstić information content (AvgIpc) is 2.95. The molecule has 4 rings (SSSR count). The third kappa shape index (κ3) is 2.82. The molecule has 0 amide bonds. The van der Waals surface area contributed by atoms with Gasteiger partial charge in [0.1, 0.15) is 17.8 Å². The van der Waals surface area contributed by atoms with E-state index >= 15 is 0 Å². The molecular formula is C18H26N4O2S. The molecule has 0 unspecified atom stereocenters. The molecule has 25 heavy (non-hydrogen) atoms. The van der Waals surface area contributed by atoms with Crippen molar-refractivity contribution in [2.75, 3.05) is 17.7 Å². The molecule has 0 radical (unpaired) electrons. The van der Waals surface area contributed by atoms with Gasteiger partial charge in [-0.1, -0.05) is 0 Å². The van der Waals surface area contributed by atoms with Crippen LogP contribution in [0.1, 0.15) is 39.5 Å². The minimum absolute atomic E-state index is 0.258. The molecule has 136 valence electrons. The number of hydrogen-bond acceptors (Lipinski definition) is 5. The maximum absolute atomic E-state index is 12.1. The smallest absolute Gasteiger partial charge is 0.152 e. The Kier molecular flexibility index (Phi) is 3.83. The lowest BCUT2D eigenvalue weighted by molar-refractivity contribution is -0.0313. The van der Waals surface area contributed by atoms with Crippen LogP contribution in [0.15, 0.2) is 18.6 Å². The summed E-state index contributed by atoms with van der Waals surface area (Å²) in [6.45, 7) is 3.56. The largest absolute Gasteiger partial charge is 0.356 e. The van der Waals surface area contributed by atoms with Crippen LogP contribution in [0.5, 0.6) is 0 Å². The highest BCUT2D eigenvalue weighted by Gasteiger charge is 2.54. The van der Waals surface area contributed by atoms with E-state index in [4.69, 9.17) is 0 Å². The lowest BCUT2D eigenvalue weighted by Gasteiger charge is -2.59. The highest BCUT2D eigenvalue weighted by molar-refractivity contribution is 7.91. The van der Waals surface area contributed by atoms with E-state index in [1.165, 1.54) is 0 Å². The SMILES string of the molecule is CC(C)S(=O)(=O)CC1CC2(C1)CC(N(C)c1ncnc3[nH]ccc13)C2. The number of aromatic amines is 1. The van der Waals surface area contributed by atoms with Crippen LogP contribution >= 0.6 is 0 Å². The van der Waals surface area contributed by atoms with Gasteiger partial charge in [0.25, 0.3) is 0 Å². The molecule has 0 aliphatic heterocycles. The molecule has 2 heterocycles. The first-order chi connectivity index (χ1) is 11.8. The Balaban J connectivity index is 1.36. The molecule has 0 atom stereocenters. The first-order valence-corrected chi connectivity index (χ1v) is 10.7. The summed E-state index contributed by atoms with van der Waals surface area (Å²) in [5, 5.41) is 0.798. The average molecular weight is 362 g/mol. The van der Waals surface area contributed by atoms with Crippen molar-refractivity contribution in [3.63, 3.8) is 0 Å². The number of nitrogens with one attached hydrogen (secondary N) is 1. The topological polar surface area (TPSA) is 79.0 Å². The van der Waals surface area contributed by atoms with Crippen molar-refractivity contribution in [3.05, 3.63) is 18.6 Å². The van der Waals surface area contributed by atoms with Gasteiger partial charge in [0, 0.05) is 19.3 Å². The molecule has 7 heteroatoms. The Bertz CT molecular complexity index is 875. The molecule has 2 fully saturated rings. The van der Waals surface area contributed by atoms with Crippen LogP contribution in [0.3, 0.4) is 0 Å². The van der Waals surface area contributed by atoms with Crippen LogP contribution in [0.25, 0.3) is 11.0 Å². The van der Waals surface area contributed by atoms with E-state index in [0.717, 1.165) is 42.5 Å². The number of anilines is 1. The fourth-order valence-electron chi connectivity index (χ4n) is 4.66. The number of aromatic nitrogens is 3. The highest BCUT2D eigenvalue weighted by Crippen LogP contribution is 2.60. The van der Waals surface area contributed by atoms with E-state index in [2.05, 4.69) is 26.9 Å². The van der Waals surface area contributed by atoms with Crippen molar-refractivity contribution in [1.29, 1.82) is 0 Å². The standard InChI is InChI=1S/C18H26N4O2S/c1-12(2)25(23,24)10-13-6-18(7-13)8-14(9-18)22(3)17-15-4-5-19-16(15)20-11-21-17/h4-5,11-14H,6-10H2,1-3H3,(H,19,20,21). The van der Waals surface area contributed by atoms with Gasteiger partial charge in [-0.05, 0) is 56.9 Å². The van der Waals surface area contributed by atoms with Crippen molar-refractivity contribution in [2.24, 2.45) is 11.3 Å². The second-order valence-electron chi connectivity index (χ2n) is 8.26. The van der Waals surface area contributed by atoms with Crippen LogP contribution < -0.4 is 4.90 Å². The predicted octanol–water partition coefficient (Wildman–Crippen LogP) is 2.78. The number of fused-ring (bicyclic) bond motifs is 1. The summed E-state index contributed by atoms with van der Waals surface area (Å²) in [4.78, 5) is 14.1. The van der Waals surface area contributed by atoms with Gasteiger partial charge < -0.3 is 9.88 Å². The summed E-state index contributed by atoms with van der Waals surface area (Å²) in [6, 6.07) is 2.50. The van der Waals surface area contributed by atoms with Crippen LogP contribution in [0.4, 0.5) is 5.82 Å². The van der Waals surface area contributed by atoms with Crippen molar-refractivity contribution < 1.29 is 8.42 Å². The molecule has 2 aliphatic carbocycles. The van der Waals surface area contributed by atoms with Gasteiger partial charge in [-0.15, -0.1) is 0 Å². The molecule has 6 nitrogen and oxygen atoms in total. The van der Waals surface area contributed by atoms with Crippen LogP contribution in [-0.2, 0) is 9.84 Å². The van der Waals surface area contributed by atoms with Crippen molar-refractivity contribution in [2.45, 2.75) is 50.8 Å². The molecule has 0 saturated heterocycles. The van der Waals surface area contributed by atoms with E-state index in [1.54, 1.807) is 20.2 Å². The quantitative estimate of drug-likeness (QED) is 0.885. The van der Waals surface area contributed by atoms with E-state index in [1.807, 2.05) is 12.3 Å². The van der Waals surface area contributed by atoms with Crippen molar-refractivity contribution >= 4 is 26.7 Å². The Morgan fingerprint density at radius 1 is 1.28 bits per heavy atom. The van der Waals surface area contributed by atoms with Gasteiger partial charge >= 0.3 is 0 Å². The monoisotopic (exact) mass is 362 g/mol. The molecule has 1 N–H and O–H groups in total. The third-order valence-corrected chi connectivity index (χ3v) is 8.55. The zero-order chi connectivity index (χ0) is 17.8. The summed E-state index contributed by atoms with van der Waals surface area (Å²) in [5.74, 6) is 1.70. The second kappa shape index (κ2) is 5.69. The zero-order valence-electron chi connectivity index (χ0n) is 15.1. The Labute approximate surface area is 149 Å². The van der Waals surface area contributed by atoms with E-state index in [-0.39, 0.29) is 5.25 Å². The van der Waals surface area contributed by atoms with Crippen LogP contribution in [-0.4, -0.2) is 47.5 Å². The van der Waals surface area contributed by atoms with E-state index in [0.29, 0.717) is 23.1 Å². The van der Waals surface area contributed by atoms with Crippen molar-refractivity contribution in [3.8, 4) is 0 Å². The molecule has 2 aromatic heterocycles. The molecule has 1 spiro atoms. The van der Waals surface area contributed by atoms with Crippen LogP contribution in [0, 0.1) is 11.3 Å². The summed E-state index contributed by atoms with van der Waals surface area (Å²) in [6.07, 6.45) is 7.90. The van der Waals surface area contributed by atoms with Crippen molar-refractivity contribution in [1.82, 2.24) is 15.0 Å². The number of rotatable bonds is 5. The van der Waals surface area contributed by atoms with Crippen LogP contribution in [0.2, 0.25) is 0 Å². The maximum atomic E-state index is 12.1. The fourth-order valence-corrected chi connectivity index (χ4v) is 5.94. The Morgan fingerprint density at radius 2 is 2.00 bits per heavy atom. The maximum Gasteiger partial charge on any atom is 0.152 e. The minimum atomic E-state index is -2.91. The molecule has 0 bridgehead atoms. The summed E-state index contributed by atoms with van der Waals surface area (Å²) in [5.41, 5.74) is 1.24. The normalized spacial score (nSPS) is 29.0. The second-order valence-corrected chi connectivity index (χ2v) is 10.9. The molecular weight excluding hydrogens is 336 g/mol. The van der Waals surface area contributed by atoms with Gasteiger partial charge in [-0.3, -0.25) is 0 Å². The first kappa shape index (κ1) is 16.8. The molecule has 2 aliphatic rings. The Morgan fingerprint density at radius 3 is 2.68 bits per heavy atom. The van der Waals surface area contributed by atoms with Gasteiger partial charge in [0.15, 0.2) is 9.84 Å². The minimum Gasteiger partial charge on any atom is -0.356 e. The predicted molar refractivity (Wildman–Crippen MR) is 99.4 cm³/mol. The lowest BCUT2D eigenvalue weighted by Crippen LogP contribution is -2.56. The third-order valence-electron chi connectivity index (χ3n) is 6.18. The summed E-state index contributed by atoms with van der Waals surface area (Å²) < 4.78 is 24.2. The number of hydrogen-bond donors (Lipinski definition) is 1. The van der Waals surface area contributed by atoms with Gasteiger partial charge in [0.05, 0.1) is 16.4 Å². The Hall–Kier alpha value is -1.63. The van der Waals surface area contributed by atoms with Gasteiger partial charge in [-0.2, -0.15) is 0 Å².